The summed E-state index contributed by atoms with van der Waals surface area (Å²) in [5, 5.41) is 0.486. The second kappa shape index (κ2) is 9.53. The van der Waals surface area contributed by atoms with Crippen molar-refractivity contribution in [3.63, 3.8) is 0 Å². The molecule has 0 radical (unpaired) electrons. The Morgan fingerprint density at radius 3 is 2.07 bits per heavy atom. The third kappa shape index (κ3) is 6.48. The number of benzene rings is 1. The molecule has 0 saturated carbocycles. The lowest BCUT2D eigenvalue weighted by Crippen LogP contribution is -2.46. The van der Waals surface area contributed by atoms with E-state index in [1.54, 1.807) is 30.3 Å². The van der Waals surface area contributed by atoms with Gasteiger partial charge in [0.05, 0.1) is 20.3 Å². The van der Waals surface area contributed by atoms with Crippen LogP contribution in [0.5, 0.6) is 0 Å². The SMILES string of the molecule is COC(=O)/C=C/[C@@H](O[Si](C)(C)C(C)(C)C)[C@@H](C(=O)OC)c1ccc(Cl)cc1. The molecular weight excluding hydrogens is 384 g/mol. The van der Waals surface area contributed by atoms with Crippen LogP contribution in [0.1, 0.15) is 32.3 Å². The van der Waals surface area contributed by atoms with E-state index < -0.39 is 32.3 Å². The molecule has 0 amide bonds. The molecule has 0 aliphatic carbocycles. The predicted molar refractivity (Wildman–Crippen MR) is 109 cm³/mol. The van der Waals surface area contributed by atoms with Crippen molar-refractivity contribution < 1.29 is 23.5 Å². The molecular formula is C20H29ClO5Si. The van der Waals surface area contributed by atoms with E-state index in [0.29, 0.717) is 10.6 Å². The van der Waals surface area contributed by atoms with Crippen molar-refractivity contribution in [2.24, 2.45) is 0 Å². The van der Waals surface area contributed by atoms with Crippen LogP contribution in [-0.2, 0) is 23.5 Å². The zero-order valence-electron chi connectivity index (χ0n) is 17.0. The van der Waals surface area contributed by atoms with E-state index in [9.17, 15) is 9.59 Å². The molecule has 150 valence electrons. The molecule has 0 N–H and O–H groups in total. The van der Waals surface area contributed by atoms with Gasteiger partial charge in [0.1, 0.15) is 5.92 Å². The van der Waals surface area contributed by atoms with E-state index in [1.165, 1.54) is 20.3 Å². The lowest BCUT2D eigenvalue weighted by Gasteiger charge is -2.40. The largest absolute Gasteiger partial charge is 0.468 e. The number of hydrogen-bond donors (Lipinski definition) is 0. The highest BCUT2D eigenvalue weighted by atomic mass is 35.5. The fourth-order valence-electron chi connectivity index (χ4n) is 2.23. The van der Waals surface area contributed by atoms with E-state index in [1.807, 2.05) is 0 Å². The van der Waals surface area contributed by atoms with Gasteiger partial charge in [0.2, 0.25) is 0 Å². The van der Waals surface area contributed by atoms with Crippen molar-refractivity contribution in [3.8, 4) is 0 Å². The van der Waals surface area contributed by atoms with E-state index in [4.69, 9.17) is 20.8 Å². The number of esters is 2. The molecule has 0 unspecified atom stereocenters. The van der Waals surface area contributed by atoms with Gasteiger partial charge in [-0.2, -0.15) is 0 Å². The van der Waals surface area contributed by atoms with Crippen LogP contribution in [-0.4, -0.2) is 40.6 Å². The minimum absolute atomic E-state index is 0.0784. The molecule has 1 rings (SSSR count). The van der Waals surface area contributed by atoms with Crippen molar-refractivity contribution in [1.29, 1.82) is 0 Å². The quantitative estimate of drug-likeness (QED) is 0.368. The summed E-state index contributed by atoms with van der Waals surface area (Å²) < 4.78 is 16.2. The van der Waals surface area contributed by atoms with Crippen molar-refractivity contribution >= 4 is 31.9 Å². The molecule has 27 heavy (non-hydrogen) atoms. The zero-order chi connectivity index (χ0) is 20.8. The Bertz CT molecular complexity index is 677. The summed E-state index contributed by atoms with van der Waals surface area (Å²) >= 11 is 5.98. The van der Waals surface area contributed by atoms with E-state index in [2.05, 4.69) is 38.6 Å². The lowest BCUT2D eigenvalue weighted by molar-refractivity contribution is -0.144. The highest BCUT2D eigenvalue weighted by Crippen LogP contribution is 2.39. The van der Waals surface area contributed by atoms with Gasteiger partial charge in [-0.05, 0) is 41.9 Å². The minimum Gasteiger partial charge on any atom is -0.468 e. The second-order valence-electron chi connectivity index (χ2n) is 7.78. The van der Waals surface area contributed by atoms with Crippen LogP contribution in [0.15, 0.2) is 36.4 Å². The topological polar surface area (TPSA) is 61.8 Å². The van der Waals surface area contributed by atoms with Crippen LogP contribution < -0.4 is 0 Å². The van der Waals surface area contributed by atoms with Crippen LogP contribution in [0.2, 0.25) is 23.2 Å². The molecule has 2 atom stereocenters. The van der Waals surface area contributed by atoms with Gasteiger partial charge in [-0.3, -0.25) is 4.79 Å². The zero-order valence-corrected chi connectivity index (χ0v) is 18.8. The molecule has 7 heteroatoms. The molecule has 0 bridgehead atoms. The summed E-state index contributed by atoms with van der Waals surface area (Å²) in [5.74, 6) is -1.70. The number of carbonyl (C=O) groups excluding carboxylic acids is 2. The number of hydrogen-bond acceptors (Lipinski definition) is 5. The molecule has 0 aromatic heterocycles. The predicted octanol–water partition coefficient (Wildman–Crippen LogP) is 4.72. The smallest absolute Gasteiger partial charge is 0.330 e. The molecule has 0 fully saturated rings. The van der Waals surface area contributed by atoms with Gasteiger partial charge >= 0.3 is 11.9 Å². The number of halogens is 1. The summed E-state index contributed by atoms with van der Waals surface area (Å²) in [6.45, 7) is 10.5. The van der Waals surface area contributed by atoms with Crippen LogP contribution in [0.25, 0.3) is 0 Å². The molecule has 1 aromatic carbocycles. The Morgan fingerprint density at radius 2 is 1.63 bits per heavy atom. The van der Waals surface area contributed by atoms with E-state index >= 15 is 0 Å². The van der Waals surface area contributed by atoms with Crippen LogP contribution in [0.3, 0.4) is 0 Å². The van der Waals surface area contributed by atoms with Crippen molar-refractivity contribution in [2.45, 2.75) is 50.9 Å². The molecule has 0 aliphatic heterocycles. The highest BCUT2D eigenvalue weighted by molar-refractivity contribution is 6.74. The maximum Gasteiger partial charge on any atom is 0.330 e. The maximum absolute atomic E-state index is 12.6. The van der Waals surface area contributed by atoms with Crippen molar-refractivity contribution in [2.75, 3.05) is 14.2 Å². The first kappa shape index (κ1) is 23.4. The third-order valence-electron chi connectivity index (χ3n) is 4.87. The summed E-state index contributed by atoms with van der Waals surface area (Å²) in [6, 6.07) is 6.94. The fourth-order valence-corrected chi connectivity index (χ4v) is 3.61. The van der Waals surface area contributed by atoms with Crippen LogP contribution in [0.4, 0.5) is 0 Å². The number of ether oxygens (including phenoxy) is 2. The Labute approximate surface area is 167 Å². The first-order chi connectivity index (χ1) is 12.4. The Morgan fingerprint density at radius 1 is 1.07 bits per heavy atom. The highest BCUT2D eigenvalue weighted by Gasteiger charge is 2.42. The summed E-state index contributed by atoms with van der Waals surface area (Å²) in [4.78, 5) is 24.3. The second-order valence-corrected chi connectivity index (χ2v) is 13.0. The molecule has 0 saturated heterocycles. The maximum atomic E-state index is 12.6. The van der Waals surface area contributed by atoms with Gasteiger partial charge in [0.15, 0.2) is 8.32 Å². The van der Waals surface area contributed by atoms with Gasteiger partial charge in [-0.25, -0.2) is 4.79 Å². The van der Waals surface area contributed by atoms with Gasteiger partial charge < -0.3 is 13.9 Å². The first-order valence-corrected chi connectivity index (χ1v) is 12.0. The normalized spacial score (nSPS) is 14.7. The Kier molecular flexibility index (Phi) is 8.26. The summed E-state index contributed by atoms with van der Waals surface area (Å²) in [7, 11) is 0.378. The average Bonchev–Trinajstić information content (AvgIpc) is 2.59. The van der Waals surface area contributed by atoms with E-state index in [-0.39, 0.29) is 5.04 Å². The average molecular weight is 413 g/mol. The number of rotatable bonds is 7. The summed E-state index contributed by atoms with van der Waals surface area (Å²) in [6.07, 6.45) is 2.17. The van der Waals surface area contributed by atoms with Crippen molar-refractivity contribution in [3.05, 3.63) is 47.0 Å². The molecule has 0 heterocycles. The monoisotopic (exact) mass is 412 g/mol. The standard InChI is InChI=1S/C20H29ClO5Si/c1-20(2,3)27(6,7)26-16(12-13-17(22)24-4)18(19(23)25-5)14-8-10-15(21)11-9-14/h8-13,16,18H,1-7H3/b13-12+/t16-,18+/m1/s1. The van der Waals surface area contributed by atoms with Crippen LogP contribution in [0, 0.1) is 0 Å². The third-order valence-corrected chi connectivity index (χ3v) is 9.60. The Balaban J connectivity index is 3.40. The summed E-state index contributed by atoms with van der Waals surface area (Å²) in [5.41, 5.74) is 0.699. The Hall–Kier alpha value is -1.63. The molecule has 5 nitrogen and oxygen atoms in total. The minimum atomic E-state index is -2.25. The van der Waals surface area contributed by atoms with Gasteiger partial charge in [0, 0.05) is 11.1 Å². The van der Waals surface area contributed by atoms with E-state index in [0.717, 1.165) is 0 Å². The van der Waals surface area contributed by atoms with Crippen LogP contribution >= 0.6 is 11.6 Å². The molecule has 0 spiro atoms. The molecule has 0 aliphatic rings. The first-order valence-electron chi connectivity index (χ1n) is 8.70. The van der Waals surface area contributed by atoms with Crippen molar-refractivity contribution in [1.82, 2.24) is 0 Å². The van der Waals surface area contributed by atoms with Gasteiger partial charge in [-0.15, -0.1) is 0 Å². The van der Waals surface area contributed by atoms with Gasteiger partial charge in [-0.1, -0.05) is 44.5 Å². The number of carbonyl (C=O) groups is 2. The fraction of sp³-hybridized carbons (Fsp3) is 0.500. The lowest BCUT2D eigenvalue weighted by atomic mass is 9.93. The molecule has 1 aromatic rings. The number of methoxy groups -OCH3 is 2. The van der Waals surface area contributed by atoms with Gasteiger partial charge in [0.25, 0.3) is 0 Å².